The Morgan fingerprint density at radius 2 is 1.96 bits per heavy atom. The molecule has 0 aliphatic carbocycles. The van der Waals surface area contributed by atoms with Crippen molar-refractivity contribution >= 4 is 22.8 Å². The summed E-state index contributed by atoms with van der Waals surface area (Å²) in [5.74, 6) is 0. The van der Waals surface area contributed by atoms with Crippen LogP contribution in [-0.2, 0) is 6.42 Å². The number of unbranched alkanes of at least 4 members (excludes halogenated alkanes) is 2. The van der Waals surface area contributed by atoms with Gasteiger partial charge < -0.3 is 9.97 Å². The number of aryl methyl sites for hydroxylation is 2. The number of aromatic nitrogens is 2. The summed E-state index contributed by atoms with van der Waals surface area (Å²) in [5, 5.41) is 1.21. The van der Waals surface area contributed by atoms with E-state index in [0.717, 1.165) is 23.3 Å². The lowest BCUT2D eigenvalue weighted by Crippen LogP contribution is -1.90. The molecule has 0 unspecified atom stereocenters. The number of benzene rings is 1. The molecule has 0 radical (unpaired) electrons. The lowest BCUT2D eigenvalue weighted by Gasteiger charge is -2.02. The maximum atomic E-state index is 4.76. The summed E-state index contributed by atoms with van der Waals surface area (Å²) in [4.78, 5) is 11.6. The van der Waals surface area contributed by atoms with Gasteiger partial charge in [0.2, 0.25) is 0 Å². The monoisotopic (exact) mass is 321 g/mol. The summed E-state index contributed by atoms with van der Waals surface area (Å²) >= 11 is 0. The zero-order valence-electron chi connectivity index (χ0n) is 15.2. The van der Waals surface area contributed by atoms with Gasteiger partial charge in [-0.2, -0.15) is 0 Å². The van der Waals surface area contributed by atoms with Crippen molar-refractivity contribution in [1.29, 1.82) is 0 Å². The predicted molar refractivity (Wildman–Crippen MR) is 104 cm³/mol. The fraction of sp³-hybridized carbons (Fsp3) is 0.381. The molecule has 0 aliphatic rings. The molecule has 2 heterocycles. The number of nitrogens with zero attached hydrogens (tertiary/aromatic N) is 1. The molecule has 0 amide bonds. The zero-order valence-corrected chi connectivity index (χ0v) is 15.2. The van der Waals surface area contributed by atoms with E-state index < -0.39 is 0 Å². The number of aromatic amines is 2. The molecule has 3 heteroatoms. The van der Waals surface area contributed by atoms with Crippen LogP contribution in [-0.4, -0.2) is 16.2 Å². The molecule has 126 valence electrons. The topological polar surface area (TPSA) is 43.9 Å². The minimum absolute atomic E-state index is 0.995. The lowest BCUT2D eigenvalue weighted by atomic mass is 10.0. The van der Waals surface area contributed by atoms with Gasteiger partial charge in [0, 0.05) is 17.3 Å². The van der Waals surface area contributed by atoms with Crippen LogP contribution in [0.15, 0.2) is 29.4 Å². The maximum absolute atomic E-state index is 4.76. The molecule has 1 aromatic carbocycles. The van der Waals surface area contributed by atoms with Crippen molar-refractivity contribution in [3.63, 3.8) is 0 Å². The minimum atomic E-state index is 0.995. The van der Waals surface area contributed by atoms with Gasteiger partial charge in [0.05, 0.1) is 23.1 Å². The van der Waals surface area contributed by atoms with Crippen LogP contribution in [0.1, 0.15) is 54.3 Å². The standard InChI is InChI=1S/C21H27N3/c1-5-6-7-8-18-15(3)20(24-16(18)4)13-23-19-12-14(2)11-17-9-10-22-21(17)19/h9-13,22,24H,5-8H2,1-4H3/b23-13+. The number of hydrogen-bond acceptors (Lipinski definition) is 1. The van der Waals surface area contributed by atoms with Gasteiger partial charge in [0.25, 0.3) is 0 Å². The van der Waals surface area contributed by atoms with Crippen LogP contribution in [0.5, 0.6) is 0 Å². The van der Waals surface area contributed by atoms with Gasteiger partial charge in [-0.1, -0.05) is 19.8 Å². The number of aliphatic imine (C=N–C) groups is 1. The van der Waals surface area contributed by atoms with E-state index in [0.29, 0.717) is 0 Å². The Balaban J connectivity index is 1.89. The quantitative estimate of drug-likeness (QED) is 0.419. The molecule has 0 bridgehead atoms. The molecule has 3 aromatic rings. The molecular formula is C21H27N3. The average molecular weight is 321 g/mol. The Bertz CT molecular complexity index is 865. The van der Waals surface area contributed by atoms with Crippen LogP contribution in [0.3, 0.4) is 0 Å². The lowest BCUT2D eigenvalue weighted by molar-refractivity contribution is 0.714. The largest absolute Gasteiger partial charge is 0.359 e. The second-order valence-electron chi connectivity index (χ2n) is 6.71. The number of nitrogens with one attached hydrogen (secondary N) is 2. The summed E-state index contributed by atoms with van der Waals surface area (Å²) in [7, 11) is 0. The first-order valence-corrected chi connectivity index (χ1v) is 8.90. The van der Waals surface area contributed by atoms with E-state index >= 15 is 0 Å². The van der Waals surface area contributed by atoms with E-state index in [4.69, 9.17) is 4.99 Å². The third kappa shape index (κ3) is 3.30. The van der Waals surface area contributed by atoms with Gasteiger partial charge in [0.1, 0.15) is 0 Å². The second-order valence-corrected chi connectivity index (χ2v) is 6.71. The molecule has 3 nitrogen and oxygen atoms in total. The van der Waals surface area contributed by atoms with Crippen molar-refractivity contribution < 1.29 is 0 Å². The Kier molecular flexibility index (Phi) is 4.89. The summed E-state index contributed by atoms with van der Waals surface area (Å²) in [6.45, 7) is 8.73. The smallest absolute Gasteiger partial charge is 0.0874 e. The Morgan fingerprint density at radius 3 is 2.75 bits per heavy atom. The predicted octanol–water partition coefficient (Wildman–Crippen LogP) is 5.90. The summed E-state index contributed by atoms with van der Waals surface area (Å²) in [6, 6.07) is 6.40. The van der Waals surface area contributed by atoms with Crippen molar-refractivity contribution in [2.24, 2.45) is 4.99 Å². The zero-order chi connectivity index (χ0) is 17.1. The average Bonchev–Trinajstić information content (AvgIpc) is 3.12. The van der Waals surface area contributed by atoms with E-state index in [1.807, 2.05) is 12.4 Å². The van der Waals surface area contributed by atoms with Crippen molar-refractivity contribution in [3.8, 4) is 0 Å². The third-order valence-corrected chi connectivity index (χ3v) is 4.78. The van der Waals surface area contributed by atoms with E-state index in [-0.39, 0.29) is 0 Å². The van der Waals surface area contributed by atoms with Gasteiger partial charge in [-0.15, -0.1) is 0 Å². The van der Waals surface area contributed by atoms with Crippen LogP contribution in [0.4, 0.5) is 5.69 Å². The van der Waals surface area contributed by atoms with Crippen LogP contribution < -0.4 is 0 Å². The molecule has 0 saturated heterocycles. The molecular weight excluding hydrogens is 294 g/mol. The van der Waals surface area contributed by atoms with Gasteiger partial charge in [-0.3, -0.25) is 4.99 Å². The number of rotatable bonds is 6. The van der Waals surface area contributed by atoms with E-state index in [1.54, 1.807) is 0 Å². The molecule has 3 rings (SSSR count). The molecule has 0 fully saturated rings. The summed E-state index contributed by atoms with van der Waals surface area (Å²) in [6.07, 6.45) is 8.91. The molecule has 24 heavy (non-hydrogen) atoms. The number of hydrogen-bond donors (Lipinski definition) is 2. The van der Waals surface area contributed by atoms with Crippen LogP contribution in [0.2, 0.25) is 0 Å². The van der Waals surface area contributed by atoms with Gasteiger partial charge in [0.15, 0.2) is 0 Å². The SMILES string of the molecule is CCCCCc1c(C)[nH]c(/C=N/c2cc(C)cc3cc[nH]c23)c1C. The normalized spacial score (nSPS) is 11.8. The highest BCUT2D eigenvalue weighted by Gasteiger charge is 2.10. The van der Waals surface area contributed by atoms with E-state index in [9.17, 15) is 0 Å². The summed E-state index contributed by atoms with van der Waals surface area (Å²) < 4.78 is 0. The molecule has 0 saturated carbocycles. The molecule has 0 atom stereocenters. The first-order chi connectivity index (χ1) is 11.6. The Labute approximate surface area is 144 Å². The van der Waals surface area contributed by atoms with Crippen molar-refractivity contribution in [2.75, 3.05) is 0 Å². The molecule has 0 spiro atoms. The molecule has 2 aromatic heterocycles. The van der Waals surface area contributed by atoms with Crippen LogP contribution in [0, 0.1) is 20.8 Å². The van der Waals surface area contributed by atoms with Crippen molar-refractivity contribution in [3.05, 3.63) is 52.5 Å². The summed E-state index contributed by atoms with van der Waals surface area (Å²) in [5.41, 5.74) is 8.52. The van der Waals surface area contributed by atoms with Crippen LogP contribution in [0.25, 0.3) is 10.9 Å². The Hall–Kier alpha value is -2.29. The number of H-pyrrole nitrogens is 2. The highest BCUT2D eigenvalue weighted by Crippen LogP contribution is 2.27. The van der Waals surface area contributed by atoms with Crippen LogP contribution >= 0.6 is 0 Å². The molecule has 0 aliphatic heterocycles. The first-order valence-electron chi connectivity index (χ1n) is 8.90. The van der Waals surface area contributed by atoms with Gasteiger partial charge >= 0.3 is 0 Å². The maximum Gasteiger partial charge on any atom is 0.0874 e. The highest BCUT2D eigenvalue weighted by atomic mass is 14.8. The van der Waals surface area contributed by atoms with Crippen molar-refractivity contribution in [2.45, 2.75) is 53.4 Å². The second kappa shape index (κ2) is 7.08. The number of fused-ring (bicyclic) bond motifs is 1. The fourth-order valence-corrected chi connectivity index (χ4v) is 3.41. The third-order valence-electron chi connectivity index (χ3n) is 4.78. The first kappa shape index (κ1) is 16.6. The van der Waals surface area contributed by atoms with Crippen molar-refractivity contribution in [1.82, 2.24) is 9.97 Å². The minimum Gasteiger partial charge on any atom is -0.359 e. The Morgan fingerprint density at radius 1 is 1.12 bits per heavy atom. The fourth-order valence-electron chi connectivity index (χ4n) is 3.41. The van der Waals surface area contributed by atoms with Gasteiger partial charge in [-0.05, 0) is 68.5 Å². The van der Waals surface area contributed by atoms with Gasteiger partial charge in [-0.25, -0.2) is 0 Å². The highest BCUT2D eigenvalue weighted by molar-refractivity contribution is 5.93. The van der Waals surface area contributed by atoms with E-state index in [1.165, 1.54) is 47.0 Å². The molecule has 2 N–H and O–H groups in total. The van der Waals surface area contributed by atoms with E-state index in [2.05, 4.69) is 55.9 Å².